The number of piperidine rings is 1. The largest absolute Gasteiger partial charge is 0.502 e. The molecule has 1 heterocycles. The Morgan fingerprint density at radius 2 is 1.81 bits per heavy atom. The van der Waals surface area contributed by atoms with Gasteiger partial charge in [-0.25, -0.2) is 8.42 Å². The van der Waals surface area contributed by atoms with Crippen LogP contribution in [0.15, 0.2) is 47.4 Å². The molecule has 164 valence electrons. The van der Waals surface area contributed by atoms with Gasteiger partial charge in [0, 0.05) is 25.1 Å². The first-order valence-electron chi connectivity index (χ1n) is 9.28. The highest BCUT2D eigenvalue weighted by molar-refractivity contribution is 7.92. The molecular formula is C19H20N4O7S. The van der Waals surface area contributed by atoms with Crippen molar-refractivity contribution in [2.24, 2.45) is 11.7 Å². The number of nitrogens with zero attached hydrogens (tertiary/aromatic N) is 2. The number of para-hydroxylation sites is 1. The van der Waals surface area contributed by atoms with Crippen LogP contribution in [0.4, 0.5) is 11.4 Å². The fraction of sp³-hybridized carbons (Fsp3) is 0.263. The van der Waals surface area contributed by atoms with Crippen molar-refractivity contribution in [3.63, 3.8) is 0 Å². The van der Waals surface area contributed by atoms with Gasteiger partial charge in [-0.3, -0.25) is 24.4 Å². The van der Waals surface area contributed by atoms with Crippen LogP contribution in [0.1, 0.15) is 23.2 Å². The number of nitrogens with two attached hydrogens (primary N) is 1. The Labute approximate surface area is 177 Å². The first kappa shape index (κ1) is 22.0. The number of anilines is 1. The lowest BCUT2D eigenvalue weighted by Crippen LogP contribution is -2.42. The van der Waals surface area contributed by atoms with Crippen LogP contribution in [0.25, 0.3) is 0 Å². The molecular weight excluding hydrogens is 428 g/mol. The number of nitrogens with one attached hydrogen (secondary N) is 1. The SMILES string of the molecule is NC(=O)C1CCN(C(=O)c2ccccc2NS(=O)(=O)c2ccc(O)c([N+](=O)[O-])c2)CC1. The summed E-state index contributed by atoms with van der Waals surface area (Å²) in [6.45, 7) is 0.607. The number of sulfonamides is 1. The Morgan fingerprint density at radius 1 is 1.16 bits per heavy atom. The van der Waals surface area contributed by atoms with Crippen molar-refractivity contribution < 1.29 is 28.0 Å². The molecule has 0 aliphatic carbocycles. The number of likely N-dealkylation sites (tertiary alicyclic amines) is 1. The highest BCUT2D eigenvalue weighted by Gasteiger charge is 2.28. The van der Waals surface area contributed by atoms with E-state index in [2.05, 4.69) is 4.72 Å². The molecule has 4 N–H and O–H groups in total. The molecule has 0 bridgehead atoms. The lowest BCUT2D eigenvalue weighted by Gasteiger charge is -2.31. The van der Waals surface area contributed by atoms with Gasteiger partial charge >= 0.3 is 5.69 Å². The van der Waals surface area contributed by atoms with E-state index in [1.807, 2.05) is 0 Å². The number of hydrogen-bond donors (Lipinski definition) is 3. The van der Waals surface area contributed by atoms with Crippen LogP contribution >= 0.6 is 0 Å². The second-order valence-electron chi connectivity index (χ2n) is 7.03. The number of nitro benzene ring substituents is 1. The van der Waals surface area contributed by atoms with E-state index < -0.39 is 43.1 Å². The van der Waals surface area contributed by atoms with Crippen LogP contribution in [0, 0.1) is 16.0 Å². The molecule has 2 amide bonds. The molecule has 3 rings (SSSR count). The van der Waals surface area contributed by atoms with E-state index in [0.717, 1.165) is 18.2 Å². The molecule has 0 unspecified atom stereocenters. The first-order chi connectivity index (χ1) is 14.6. The minimum atomic E-state index is -4.29. The van der Waals surface area contributed by atoms with Crippen LogP contribution in [-0.4, -0.2) is 48.3 Å². The Morgan fingerprint density at radius 3 is 2.42 bits per heavy atom. The molecule has 0 saturated carbocycles. The minimum absolute atomic E-state index is 0.000234. The molecule has 0 atom stereocenters. The number of hydrogen-bond acceptors (Lipinski definition) is 7. The summed E-state index contributed by atoms with van der Waals surface area (Å²) < 4.78 is 27.8. The Balaban J connectivity index is 1.85. The van der Waals surface area contributed by atoms with Crippen molar-refractivity contribution in [1.82, 2.24) is 4.90 Å². The maximum Gasteiger partial charge on any atom is 0.312 e. The summed E-state index contributed by atoms with van der Waals surface area (Å²) in [4.78, 5) is 35.4. The Kier molecular flexibility index (Phi) is 6.11. The summed E-state index contributed by atoms with van der Waals surface area (Å²) in [5, 5.41) is 20.5. The monoisotopic (exact) mass is 448 g/mol. The predicted octanol–water partition coefficient (Wildman–Crippen LogP) is 1.44. The molecule has 1 aliphatic rings. The number of amides is 2. The quantitative estimate of drug-likeness (QED) is 0.443. The zero-order valence-corrected chi connectivity index (χ0v) is 17.0. The van der Waals surface area contributed by atoms with Crippen LogP contribution < -0.4 is 10.5 Å². The lowest BCUT2D eigenvalue weighted by molar-refractivity contribution is -0.386. The third-order valence-electron chi connectivity index (χ3n) is 5.04. The Hall–Kier alpha value is -3.67. The van der Waals surface area contributed by atoms with Crippen LogP contribution in [-0.2, 0) is 14.8 Å². The average Bonchev–Trinajstić information content (AvgIpc) is 2.73. The zero-order chi connectivity index (χ0) is 22.8. The molecule has 1 fully saturated rings. The van der Waals surface area contributed by atoms with E-state index in [9.17, 15) is 33.2 Å². The average molecular weight is 448 g/mol. The number of carbonyl (C=O) groups is 2. The van der Waals surface area contributed by atoms with Gasteiger partial charge in [0.05, 0.1) is 21.1 Å². The highest BCUT2D eigenvalue weighted by atomic mass is 32.2. The van der Waals surface area contributed by atoms with Crippen molar-refractivity contribution in [1.29, 1.82) is 0 Å². The van der Waals surface area contributed by atoms with Crippen molar-refractivity contribution in [2.75, 3.05) is 17.8 Å². The fourth-order valence-electron chi connectivity index (χ4n) is 3.32. The van der Waals surface area contributed by atoms with Gasteiger partial charge in [0.1, 0.15) is 0 Å². The summed E-state index contributed by atoms with van der Waals surface area (Å²) in [6.07, 6.45) is 0.846. The lowest BCUT2D eigenvalue weighted by atomic mass is 9.96. The van der Waals surface area contributed by atoms with Crippen molar-refractivity contribution >= 4 is 33.2 Å². The van der Waals surface area contributed by atoms with Gasteiger partial charge in [0.15, 0.2) is 5.75 Å². The zero-order valence-electron chi connectivity index (χ0n) is 16.2. The smallest absolute Gasteiger partial charge is 0.312 e. The van der Waals surface area contributed by atoms with Crippen molar-refractivity contribution in [3.05, 3.63) is 58.1 Å². The molecule has 0 spiro atoms. The molecule has 2 aromatic carbocycles. The maximum atomic E-state index is 13.0. The molecule has 0 aromatic heterocycles. The number of aromatic hydroxyl groups is 1. The van der Waals surface area contributed by atoms with Crippen molar-refractivity contribution in [3.8, 4) is 5.75 Å². The number of nitro groups is 1. The van der Waals surface area contributed by atoms with E-state index in [1.165, 1.54) is 23.1 Å². The van der Waals surface area contributed by atoms with Gasteiger partial charge in [-0.1, -0.05) is 12.1 Å². The fourth-order valence-corrected chi connectivity index (χ4v) is 4.42. The predicted molar refractivity (Wildman–Crippen MR) is 110 cm³/mol. The number of rotatable bonds is 6. The normalized spacial score (nSPS) is 14.8. The second kappa shape index (κ2) is 8.60. The van der Waals surface area contributed by atoms with E-state index in [1.54, 1.807) is 6.07 Å². The number of carbonyl (C=O) groups excluding carboxylic acids is 2. The third-order valence-corrected chi connectivity index (χ3v) is 6.40. The number of primary amides is 1. The molecule has 0 radical (unpaired) electrons. The molecule has 31 heavy (non-hydrogen) atoms. The molecule has 1 saturated heterocycles. The summed E-state index contributed by atoms with van der Waals surface area (Å²) in [5.74, 6) is -1.80. The summed E-state index contributed by atoms with van der Waals surface area (Å²) in [6, 6.07) is 8.63. The molecule has 12 heteroatoms. The van der Waals surface area contributed by atoms with Crippen LogP contribution in [0.2, 0.25) is 0 Å². The standard InChI is InChI=1S/C19H20N4O7S/c20-18(25)12-7-9-22(10-8-12)19(26)14-3-1-2-4-15(14)21-31(29,30)13-5-6-17(24)16(11-13)23(27)28/h1-6,11-12,21,24H,7-10H2,(H2,20,25). The highest BCUT2D eigenvalue weighted by Crippen LogP contribution is 2.30. The van der Waals surface area contributed by atoms with E-state index in [0.29, 0.717) is 25.9 Å². The molecule has 11 nitrogen and oxygen atoms in total. The number of benzene rings is 2. The maximum absolute atomic E-state index is 13.0. The second-order valence-corrected chi connectivity index (χ2v) is 8.71. The number of phenolic OH excluding ortho intramolecular Hbond substituents is 1. The molecule has 1 aliphatic heterocycles. The van der Waals surface area contributed by atoms with E-state index in [-0.39, 0.29) is 17.2 Å². The number of phenols is 1. The van der Waals surface area contributed by atoms with Gasteiger partial charge < -0.3 is 15.7 Å². The summed E-state index contributed by atoms with van der Waals surface area (Å²) in [5.41, 5.74) is 4.65. The Bertz CT molecular complexity index is 1140. The summed E-state index contributed by atoms with van der Waals surface area (Å²) >= 11 is 0. The van der Waals surface area contributed by atoms with E-state index in [4.69, 9.17) is 5.73 Å². The van der Waals surface area contributed by atoms with Crippen LogP contribution in [0.5, 0.6) is 5.75 Å². The van der Waals surface area contributed by atoms with Crippen LogP contribution in [0.3, 0.4) is 0 Å². The molecule has 2 aromatic rings. The first-order valence-corrected chi connectivity index (χ1v) is 10.8. The minimum Gasteiger partial charge on any atom is -0.502 e. The van der Waals surface area contributed by atoms with Gasteiger partial charge in [0.2, 0.25) is 5.91 Å². The third kappa shape index (κ3) is 4.74. The summed E-state index contributed by atoms with van der Waals surface area (Å²) in [7, 11) is -4.29. The van der Waals surface area contributed by atoms with Crippen molar-refractivity contribution in [2.45, 2.75) is 17.7 Å². The van der Waals surface area contributed by atoms with Gasteiger partial charge in [0.25, 0.3) is 15.9 Å². The topological polar surface area (TPSA) is 173 Å². The van der Waals surface area contributed by atoms with Gasteiger partial charge in [-0.2, -0.15) is 0 Å². The van der Waals surface area contributed by atoms with E-state index >= 15 is 0 Å². The van der Waals surface area contributed by atoms with Gasteiger partial charge in [-0.15, -0.1) is 0 Å². The van der Waals surface area contributed by atoms with Gasteiger partial charge in [-0.05, 0) is 37.1 Å².